The van der Waals surface area contributed by atoms with Crippen molar-refractivity contribution in [2.75, 3.05) is 0 Å². The molecule has 0 amide bonds. The maximum Gasteiger partial charge on any atom is 0.127 e. The van der Waals surface area contributed by atoms with Crippen LogP contribution in [0.5, 0.6) is 0 Å². The van der Waals surface area contributed by atoms with Crippen molar-refractivity contribution in [2.45, 2.75) is 45.3 Å². The molecule has 1 aromatic carbocycles. The van der Waals surface area contributed by atoms with Gasteiger partial charge in [0.1, 0.15) is 11.6 Å². The van der Waals surface area contributed by atoms with Crippen molar-refractivity contribution in [3.8, 4) is 0 Å². The van der Waals surface area contributed by atoms with Gasteiger partial charge in [-0.05, 0) is 31.4 Å². The Morgan fingerprint density at radius 2 is 2.25 bits per heavy atom. The van der Waals surface area contributed by atoms with Crippen LogP contribution in [-0.4, -0.2) is 15.6 Å². The summed E-state index contributed by atoms with van der Waals surface area (Å²) >= 11 is 0. The van der Waals surface area contributed by atoms with Gasteiger partial charge >= 0.3 is 0 Å². The molecule has 106 valence electrons. The molecule has 0 spiro atoms. The van der Waals surface area contributed by atoms with Crippen LogP contribution < -0.4 is 5.32 Å². The summed E-state index contributed by atoms with van der Waals surface area (Å²) < 4.78 is 15.9. The molecular weight excluding hydrogens is 253 g/mol. The number of nitrogens with one attached hydrogen (secondary N) is 1. The molecule has 1 saturated carbocycles. The Bertz CT molecular complexity index is 587. The Hall–Kier alpha value is -1.68. The number of benzene rings is 1. The Morgan fingerprint density at radius 3 is 3.00 bits per heavy atom. The monoisotopic (exact) mass is 273 g/mol. The van der Waals surface area contributed by atoms with Crippen molar-refractivity contribution < 1.29 is 4.39 Å². The molecule has 1 aliphatic rings. The zero-order chi connectivity index (χ0) is 13.9. The molecule has 2 aromatic rings. The summed E-state index contributed by atoms with van der Waals surface area (Å²) in [5.74, 6) is 0.904. The molecule has 0 radical (unpaired) electrons. The summed E-state index contributed by atoms with van der Waals surface area (Å²) in [6, 6.07) is 5.97. The van der Waals surface area contributed by atoms with Crippen LogP contribution >= 0.6 is 0 Å². The van der Waals surface area contributed by atoms with Crippen molar-refractivity contribution in [3.63, 3.8) is 0 Å². The molecule has 1 fully saturated rings. The summed E-state index contributed by atoms with van der Waals surface area (Å²) in [6.07, 6.45) is 6.98. The maximum absolute atomic E-state index is 13.8. The third kappa shape index (κ3) is 3.07. The average Bonchev–Trinajstić information content (AvgIpc) is 3.18. The third-order valence-electron chi connectivity index (χ3n) is 3.77. The molecule has 1 aliphatic carbocycles. The Labute approximate surface area is 118 Å². The lowest BCUT2D eigenvalue weighted by molar-refractivity contribution is 0.586. The standard InChI is InChI=1S/C16H20FN3/c1-2-20-8-7-18-16(20)10-12-3-6-15(17)13(9-12)11-19-14-4-5-14/h3,6-9,14,19H,2,4-5,10-11H2,1H3. The van der Waals surface area contributed by atoms with Gasteiger partial charge in [0.2, 0.25) is 0 Å². The smallest absolute Gasteiger partial charge is 0.127 e. The van der Waals surface area contributed by atoms with Gasteiger partial charge in [0.25, 0.3) is 0 Å². The lowest BCUT2D eigenvalue weighted by Gasteiger charge is -2.09. The number of nitrogens with zero attached hydrogens (tertiary/aromatic N) is 2. The van der Waals surface area contributed by atoms with Gasteiger partial charge in [0.15, 0.2) is 0 Å². The second-order valence-electron chi connectivity index (χ2n) is 5.39. The number of aromatic nitrogens is 2. The van der Waals surface area contributed by atoms with Gasteiger partial charge in [0, 0.05) is 43.5 Å². The molecule has 0 aliphatic heterocycles. The van der Waals surface area contributed by atoms with Crippen molar-refractivity contribution in [2.24, 2.45) is 0 Å². The first-order chi connectivity index (χ1) is 9.76. The van der Waals surface area contributed by atoms with Crippen LogP contribution in [0.25, 0.3) is 0 Å². The van der Waals surface area contributed by atoms with Crippen molar-refractivity contribution in [1.29, 1.82) is 0 Å². The van der Waals surface area contributed by atoms with E-state index in [4.69, 9.17) is 0 Å². The Morgan fingerprint density at radius 1 is 1.40 bits per heavy atom. The lowest BCUT2D eigenvalue weighted by atomic mass is 10.1. The quantitative estimate of drug-likeness (QED) is 0.877. The summed E-state index contributed by atoms with van der Waals surface area (Å²) in [5, 5.41) is 3.36. The molecule has 4 heteroatoms. The van der Waals surface area contributed by atoms with E-state index in [-0.39, 0.29) is 5.82 Å². The number of aryl methyl sites for hydroxylation is 1. The van der Waals surface area contributed by atoms with Crippen LogP contribution in [0.1, 0.15) is 36.7 Å². The third-order valence-corrected chi connectivity index (χ3v) is 3.77. The molecule has 3 rings (SSSR count). The fraction of sp³-hybridized carbons (Fsp3) is 0.438. The minimum absolute atomic E-state index is 0.124. The van der Waals surface area contributed by atoms with Crippen LogP contribution in [-0.2, 0) is 19.5 Å². The van der Waals surface area contributed by atoms with E-state index in [2.05, 4.69) is 21.8 Å². The lowest BCUT2D eigenvalue weighted by Crippen LogP contribution is -2.16. The van der Waals surface area contributed by atoms with Crippen molar-refractivity contribution in [3.05, 3.63) is 53.4 Å². The molecule has 3 nitrogen and oxygen atoms in total. The molecule has 0 saturated heterocycles. The van der Waals surface area contributed by atoms with Gasteiger partial charge in [-0.2, -0.15) is 0 Å². The molecule has 1 aromatic heterocycles. The highest BCUT2D eigenvalue weighted by molar-refractivity contribution is 5.27. The van der Waals surface area contributed by atoms with Crippen LogP contribution in [0.4, 0.5) is 4.39 Å². The largest absolute Gasteiger partial charge is 0.335 e. The minimum Gasteiger partial charge on any atom is -0.335 e. The van der Waals surface area contributed by atoms with Gasteiger partial charge < -0.3 is 9.88 Å². The van der Waals surface area contributed by atoms with Crippen molar-refractivity contribution >= 4 is 0 Å². The van der Waals surface area contributed by atoms with Gasteiger partial charge in [-0.25, -0.2) is 9.37 Å². The van der Waals surface area contributed by atoms with Gasteiger partial charge in [-0.1, -0.05) is 12.1 Å². The SMILES string of the molecule is CCn1ccnc1Cc1ccc(F)c(CNC2CC2)c1. The molecule has 20 heavy (non-hydrogen) atoms. The van der Waals surface area contributed by atoms with Crippen LogP contribution in [0, 0.1) is 5.82 Å². The van der Waals surface area contributed by atoms with Crippen LogP contribution in [0.3, 0.4) is 0 Å². The van der Waals surface area contributed by atoms with Gasteiger partial charge in [0.05, 0.1) is 0 Å². The van der Waals surface area contributed by atoms with E-state index in [0.29, 0.717) is 12.6 Å². The molecule has 0 bridgehead atoms. The first-order valence-electron chi connectivity index (χ1n) is 7.27. The summed E-state index contributed by atoms with van der Waals surface area (Å²) in [5.41, 5.74) is 1.86. The minimum atomic E-state index is -0.124. The highest BCUT2D eigenvalue weighted by atomic mass is 19.1. The molecule has 0 unspecified atom stereocenters. The number of hydrogen-bond donors (Lipinski definition) is 1. The summed E-state index contributed by atoms with van der Waals surface area (Å²) in [6.45, 7) is 3.63. The predicted octanol–water partition coefficient (Wildman–Crippen LogP) is 2.88. The fourth-order valence-corrected chi connectivity index (χ4v) is 2.39. The highest BCUT2D eigenvalue weighted by Crippen LogP contribution is 2.20. The Balaban J connectivity index is 1.73. The Kier molecular flexibility index (Phi) is 3.83. The van der Waals surface area contributed by atoms with Crippen LogP contribution in [0.2, 0.25) is 0 Å². The number of rotatable bonds is 6. The zero-order valence-electron chi connectivity index (χ0n) is 11.8. The van der Waals surface area contributed by atoms with E-state index in [1.54, 1.807) is 6.07 Å². The van der Waals surface area contributed by atoms with E-state index < -0.39 is 0 Å². The zero-order valence-corrected chi connectivity index (χ0v) is 11.8. The van der Waals surface area contributed by atoms with Gasteiger partial charge in [-0.15, -0.1) is 0 Å². The number of imidazole rings is 1. The highest BCUT2D eigenvalue weighted by Gasteiger charge is 2.20. The normalized spacial score (nSPS) is 14.7. The maximum atomic E-state index is 13.8. The molecule has 1 N–H and O–H groups in total. The van der Waals surface area contributed by atoms with Gasteiger partial charge in [-0.3, -0.25) is 0 Å². The predicted molar refractivity (Wildman–Crippen MR) is 77.0 cm³/mol. The first kappa shape index (κ1) is 13.3. The van der Waals surface area contributed by atoms with E-state index in [9.17, 15) is 4.39 Å². The number of hydrogen-bond acceptors (Lipinski definition) is 2. The van der Waals surface area contributed by atoms with E-state index in [1.165, 1.54) is 12.8 Å². The fourth-order valence-electron chi connectivity index (χ4n) is 2.39. The molecule has 0 atom stereocenters. The number of halogens is 1. The summed E-state index contributed by atoms with van der Waals surface area (Å²) in [4.78, 5) is 4.37. The average molecular weight is 273 g/mol. The molecular formula is C16H20FN3. The molecule has 1 heterocycles. The van der Waals surface area contributed by atoms with E-state index >= 15 is 0 Å². The second-order valence-corrected chi connectivity index (χ2v) is 5.39. The van der Waals surface area contributed by atoms with Crippen molar-refractivity contribution in [1.82, 2.24) is 14.9 Å². The first-order valence-corrected chi connectivity index (χ1v) is 7.27. The second kappa shape index (κ2) is 5.75. The van der Waals surface area contributed by atoms with E-state index in [1.807, 2.05) is 24.5 Å². The summed E-state index contributed by atoms with van der Waals surface area (Å²) in [7, 11) is 0. The van der Waals surface area contributed by atoms with E-state index in [0.717, 1.165) is 29.9 Å². The van der Waals surface area contributed by atoms with Crippen LogP contribution in [0.15, 0.2) is 30.6 Å². The topological polar surface area (TPSA) is 29.9 Å².